The molecular formula is C29H30N2O8S. The number of aromatic nitrogens is 1. The molecule has 1 unspecified atom stereocenters. The highest BCUT2D eigenvalue weighted by Crippen LogP contribution is 2.45. The first kappa shape index (κ1) is 28.6. The van der Waals surface area contributed by atoms with E-state index in [1.54, 1.807) is 56.3 Å². The third-order valence-electron chi connectivity index (χ3n) is 6.14. The monoisotopic (exact) mass is 566 g/mol. The predicted octanol–water partition coefficient (Wildman–Crippen LogP) is 5.06. The number of rotatable bonds is 10. The van der Waals surface area contributed by atoms with E-state index < -0.39 is 23.7 Å². The molecule has 1 atom stereocenters. The molecule has 1 fully saturated rings. The molecule has 40 heavy (non-hydrogen) atoms. The van der Waals surface area contributed by atoms with Gasteiger partial charge in [0.25, 0.3) is 5.78 Å². The fourth-order valence-corrected chi connectivity index (χ4v) is 5.35. The van der Waals surface area contributed by atoms with Gasteiger partial charge in [-0.1, -0.05) is 17.4 Å². The van der Waals surface area contributed by atoms with Gasteiger partial charge in [-0.3, -0.25) is 14.5 Å². The van der Waals surface area contributed by atoms with Crippen LogP contribution >= 0.6 is 11.3 Å². The van der Waals surface area contributed by atoms with E-state index in [0.717, 1.165) is 11.3 Å². The largest absolute Gasteiger partial charge is 0.507 e. The quantitative estimate of drug-likeness (QED) is 0.155. The van der Waals surface area contributed by atoms with Crippen LogP contribution in [0.1, 0.15) is 53.3 Å². The molecule has 1 aliphatic heterocycles. The first-order valence-corrected chi connectivity index (χ1v) is 13.6. The second kappa shape index (κ2) is 12.2. The number of anilines is 1. The number of carbonyl (C=O) groups excluding carboxylic acids is 3. The second-order valence-corrected chi connectivity index (χ2v) is 9.58. The topological polar surface area (TPSA) is 124 Å². The van der Waals surface area contributed by atoms with Gasteiger partial charge in [-0.2, -0.15) is 0 Å². The van der Waals surface area contributed by atoms with Gasteiger partial charge in [-0.25, -0.2) is 9.78 Å². The highest BCUT2D eigenvalue weighted by molar-refractivity contribution is 7.17. The molecular weight excluding hydrogens is 536 g/mol. The van der Waals surface area contributed by atoms with Crippen LogP contribution in [-0.4, -0.2) is 54.7 Å². The number of amides is 1. The van der Waals surface area contributed by atoms with Crippen LogP contribution in [-0.2, 0) is 14.3 Å². The molecule has 10 nitrogen and oxygen atoms in total. The standard InChI is InChI=1S/C29H30N2O8S/c1-6-37-20-14-11-18(15-21(20)38-7-2)23-22(24(32)17-9-12-19(36-5)13-10-17)25(33)27(34)31(23)29-30-16(4)26(40-29)28(35)39-8-3/h9-15,23,32H,6-8H2,1-5H3/b24-22+. The Balaban J connectivity index is 1.93. The summed E-state index contributed by atoms with van der Waals surface area (Å²) in [6.45, 7) is 7.92. The van der Waals surface area contributed by atoms with Gasteiger partial charge in [0, 0.05) is 5.56 Å². The zero-order valence-electron chi connectivity index (χ0n) is 22.8. The Morgan fingerprint density at radius 3 is 2.30 bits per heavy atom. The van der Waals surface area contributed by atoms with E-state index >= 15 is 0 Å². The highest BCUT2D eigenvalue weighted by Gasteiger charge is 2.48. The van der Waals surface area contributed by atoms with E-state index in [2.05, 4.69) is 4.98 Å². The van der Waals surface area contributed by atoms with Crippen molar-refractivity contribution in [2.45, 2.75) is 33.7 Å². The van der Waals surface area contributed by atoms with Gasteiger partial charge in [-0.05, 0) is 69.7 Å². The van der Waals surface area contributed by atoms with Crippen molar-refractivity contribution in [2.75, 3.05) is 31.8 Å². The van der Waals surface area contributed by atoms with E-state index in [1.165, 1.54) is 12.0 Å². The lowest BCUT2D eigenvalue weighted by atomic mass is 9.95. The number of ketones is 1. The number of nitrogens with zero attached hydrogens (tertiary/aromatic N) is 2. The van der Waals surface area contributed by atoms with Crippen molar-refractivity contribution in [3.8, 4) is 17.2 Å². The molecule has 2 aromatic carbocycles. The number of benzene rings is 2. The molecule has 0 spiro atoms. The average Bonchev–Trinajstić information content (AvgIpc) is 3.46. The van der Waals surface area contributed by atoms with Gasteiger partial charge >= 0.3 is 11.9 Å². The number of aliphatic hydroxyl groups is 1. The first-order chi connectivity index (χ1) is 19.2. The predicted molar refractivity (Wildman–Crippen MR) is 149 cm³/mol. The van der Waals surface area contributed by atoms with Gasteiger partial charge < -0.3 is 24.1 Å². The number of thiazole rings is 1. The van der Waals surface area contributed by atoms with Gasteiger partial charge in [0.2, 0.25) is 0 Å². The van der Waals surface area contributed by atoms with Gasteiger partial charge in [0.05, 0.1) is 44.2 Å². The molecule has 210 valence electrons. The maximum absolute atomic E-state index is 13.5. The molecule has 2 heterocycles. The van der Waals surface area contributed by atoms with Crippen LogP contribution in [0.25, 0.3) is 5.76 Å². The number of esters is 1. The van der Waals surface area contributed by atoms with Crippen molar-refractivity contribution >= 4 is 39.9 Å². The summed E-state index contributed by atoms with van der Waals surface area (Å²) in [5.41, 5.74) is 1.03. The molecule has 1 aromatic heterocycles. The Kier molecular flexibility index (Phi) is 8.73. The molecule has 0 aliphatic carbocycles. The summed E-state index contributed by atoms with van der Waals surface area (Å²) in [5.74, 6) is -1.25. The Morgan fingerprint density at radius 2 is 1.68 bits per heavy atom. The summed E-state index contributed by atoms with van der Waals surface area (Å²) in [4.78, 5) is 45.4. The van der Waals surface area contributed by atoms with E-state index in [1.807, 2.05) is 13.8 Å². The van der Waals surface area contributed by atoms with Crippen molar-refractivity contribution in [3.05, 3.63) is 69.7 Å². The zero-order valence-corrected chi connectivity index (χ0v) is 23.7. The molecule has 1 saturated heterocycles. The van der Waals surface area contributed by atoms with E-state index in [9.17, 15) is 19.5 Å². The fourth-order valence-electron chi connectivity index (χ4n) is 4.36. The Labute approximate surface area is 235 Å². The van der Waals surface area contributed by atoms with Gasteiger partial charge in [0.15, 0.2) is 16.6 Å². The summed E-state index contributed by atoms with van der Waals surface area (Å²) in [5, 5.41) is 11.5. The number of aliphatic hydroxyl groups excluding tert-OH is 1. The van der Waals surface area contributed by atoms with Gasteiger partial charge in [0.1, 0.15) is 16.4 Å². The average molecular weight is 567 g/mol. The maximum Gasteiger partial charge on any atom is 0.350 e. The smallest absolute Gasteiger partial charge is 0.350 e. The summed E-state index contributed by atoms with van der Waals surface area (Å²) >= 11 is 0.940. The van der Waals surface area contributed by atoms with Crippen LogP contribution in [0.2, 0.25) is 0 Å². The van der Waals surface area contributed by atoms with E-state index in [4.69, 9.17) is 18.9 Å². The van der Waals surface area contributed by atoms with Crippen LogP contribution in [0.15, 0.2) is 48.0 Å². The minimum absolute atomic E-state index is 0.119. The number of carbonyl (C=O) groups is 3. The van der Waals surface area contributed by atoms with Crippen molar-refractivity contribution in [3.63, 3.8) is 0 Å². The number of hydrogen-bond acceptors (Lipinski definition) is 10. The number of hydrogen-bond donors (Lipinski definition) is 1. The first-order valence-electron chi connectivity index (χ1n) is 12.7. The number of methoxy groups -OCH3 is 1. The number of aryl methyl sites for hydroxylation is 1. The SMILES string of the molecule is CCOC(=O)c1sc(N2C(=O)C(=O)/C(=C(/O)c3ccc(OC)cc3)C2c2ccc(OCC)c(OCC)c2)nc1C. The van der Waals surface area contributed by atoms with Crippen molar-refractivity contribution in [1.29, 1.82) is 0 Å². The molecule has 3 aromatic rings. The minimum atomic E-state index is -1.07. The highest BCUT2D eigenvalue weighted by atomic mass is 32.1. The van der Waals surface area contributed by atoms with E-state index in [0.29, 0.717) is 47.3 Å². The van der Waals surface area contributed by atoms with Crippen LogP contribution in [0, 0.1) is 6.92 Å². The molecule has 0 saturated carbocycles. The molecule has 4 rings (SSSR count). The van der Waals surface area contributed by atoms with Crippen LogP contribution in [0.5, 0.6) is 17.2 Å². The Morgan fingerprint density at radius 1 is 1.00 bits per heavy atom. The van der Waals surface area contributed by atoms with Gasteiger partial charge in [-0.15, -0.1) is 0 Å². The summed E-state index contributed by atoms with van der Waals surface area (Å²) < 4.78 is 21.8. The Hall–Kier alpha value is -4.38. The zero-order chi connectivity index (χ0) is 29.0. The number of ether oxygens (including phenoxy) is 4. The van der Waals surface area contributed by atoms with E-state index in [-0.39, 0.29) is 27.9 Å². The Bertz CT molecular complexity index is 1460. The second-order valence-electron chi connectivity index (χ2n) is 8.60. The minimum Gasteiger partial charge on any atom is -0.507 e. The summed E-state index contributed by atoms with van der Waals surface area (Å²) in [7, 11) is 1.52. The third kappa shape index (κ3) is 5.37. The lowest BCUT2D eigenvalue weighted by Crippen LogP contribution is -2.29. The maximum atomic E-state index is 13.5. The molecule has 1 N–H and O–H groups in total. The van der Waals surface area contributed by atoms with Crippen molar-refractivity contribution in [2.24, 2.45) is 0 Å². The normalized spacial score (nSPS) is 16.2. The van der Waals surface area contributed by atoms with Crippen molar-refractivity contribution < 1.29 is 38.4 Å². The fraction of sp³-hybridized carbons (Fsp3) is 0.310. The molecule has 11 heteroatoms. The molecule has 1 amide bonds. The van der Waals surface area contributed by atoms with Crippen molar-refractivity contribution in [1.82, 2.24) is 4.98 Å². The van der Waals surface area contributed by atoms with Crippen LogP contribution < -0.4 is 19.1 Å². The molecule has 0 radical (unpaired) electrons. The number of Topliss-reactive ketones (excluding diaryl/α,β-unsaturated/α-hetero) is 1. The molecule has 1 aliphatic rings. The lowest BCUT2D eigenvalue weighted by molar-refractivity contribution is -0.132. The van der Waals surface area contributed by atoms with Crippen LogP contribution in [0.3, 0.4) is 0 Å². The third-order valence-corrected chi connectivity index (χ3v) is 7.28. The lowest BCUT2D eigenvalue weighted by Gasteiger charge is -2.24. The summed E-state index contributed by atoms with van der Waals surface area (Å²) in [6, 6.07) is 10.5. The molecule has 0 bridgehead atoms. The van der Waals surface area contributed by atoms with Crippen LogP contribution in [0.4, 0.5) is 5.13 Å². The summed E-state index contributed by atoms with van der Waals surface area (Å²) in [6.07, 6.45) is 0.